The summed E-state index contributed by atoms with van der Waals surface area (Å²) in [6.45, 7) is 5.43. The first-order valence-electron chi connectivity index (χ1n) is 11.6. The van der Waals surface area contributed by atoms with Gasteiger partial charge in [-0.2, -0.15) is 0 Å². The van der Waals surface area contributed by atoms with Crippen molar-refractivity contribution < 1.29 is 4.79 Å². The molecule has 0 aliphatic carbocycles. The number of piperazine rings is 1. The van der Waals surface area contributed by atoms with E-state index in [1.807, 2.05) is 52.3 Å². The van der Waals surface area contributed by atoms with Crippen LogP contribution in [0.15, 0.2) is 91.0 Å². The van der Waals surface area contributed by atoms with E-state index in [-0.39, 0.29) is 36.4 Å². The fraction of sp³-hybridized carbons (Fsp3) is 0.286. The first kappa shape index (κ1) is 22.6. The Morgan fingerprint density at radius 2 is 1.42 bits per heavy atom. The van der Waals surface area contributed by atoms with Crippen molar-refractivity contribution in [2.75, 3.05) is 13.1 Å². The van der Waals surface area contributed by atoms with Gasteiger partial charge in [-0.25, -0.2) is 0 Å². The van der Waals surface area contributed by atoms with Crippen LogP contribution in [0, 0.1) is 5.41 Å². The fourth-order valence-corrected chi connectivity index (χ4v) is 4.63. The Kier molecular flexibility index (Phi) is 7.08. The van der Waals surface area contributed by atoms with Gasteiger partial charge in [-0.15, -0.1) is 0 Å². The van der Waals surface area contributed by atoms with E-state index >= 15 is 0 Å². The first-order chi connectivity index (χ1) is 16.0. The zero-order chi connectivity index (χ0) is 23.2. The van der Waals surface area contributed by atoms with Crippen LogP contribution in [0.2, 0.25) is 0 Å². The zero-order valence-corrected chi connectivity index (χ0v) is 19.3. The number of carbonyl (C=O) groups excluding carboxylic acids is 1. The summed E-state index contributed by atoms with van der Waals surface area (Å²) in [5.74, 6) is 0.380. The van der Waals surface area contributed by atoms with Crippen molar-refractivity contribution >= 4 is 11.9 Å². The summed E-state index contributed by atoms with van der Waals surface area (Å²) in [5.41, 5.74) is 3.48. The predicted octanol–water partition coefficient (Wildman–Crippen LogP) is 4.46. The highest BCUT2D eigenvalue weighted by Crippen LogP contribution is 2.33. The third kappa shape index (κ3) is 5.25. The molecule has 0 spiro atoms. The Morgan fingerprint density at radius 1 is 0.909 bits per heavy atom. The van der Waals surface area contributed by atoms with E-state index in [4.69, 9.17) is 5.41 Å². The lowest BCUT2D eigenvalue weighted by Gasteiger charge is -2.47. The SMILES string of the molecule is CC(C)N1C[C@H](C(c2ccccc2)c2ccccc2)N(C(=N)NCc2ccccc2)CC1=O. The van der Waals surface area contributed by atoms with Gasteiger partial charge in [-0.05, 0) is 30.5 Å². The molecule has 1 aliphatic rings. The minimum Gasteiger partial charge on any atom is -0.352 e. The molecule has 1 saturated heterocycles. The zero-order valence-electron chi connectivity index (χ0n) is 19.3. The Morgan fingerprint density at radius 3 is 1.94 bits per heavy atom. The number of amides is 1. The number of guanidine groups is 1. The van der Waals surface area contributed by atoms with E-state index in [9.17, 15) is 4.79 Å². The number of benzene rings is 3. The van der Waals surface area contributed by atoms with Gasteiger partial charge in [0.2, 0.25) is 5.91 Å². The second-order valence-electron chi connectivity index (χ2n) is 8.82. The number of rotatable bonds is 6. The molecule has 1 aliphatic heterocycles. The molecular formula is C28H32N4O. The van der Waals surface area contributed by atoms with E-state index in [1.54, 1.807) is 0 Å². The molecule has 1 atom stereocenters. The Labute approximate surface area is 196 Å². The minimum atomic E-state index is -0.0642. The average molecular weight is 441 g/mol. The third-order valence-corrected chi connectivity index (χ3v) is 6.33. The van der Waals surface area contributed by atoms with E-state index in [1.165, 1.54) is 11.1 Å². The fourth-order valence-electron chi connectivity index (χ4n) is 4.63. The molecule has 1 amide bonds. The highest BCUT2D eigenvalue weighted by atomic mass is 16.2. The van der Waals surface area contributed by atoms with Crippen molar-refractivity contribution in [1.29, 1.82) is 5.41 Å². The second-order valence-corrected chi connectivity index (χ2v) is 8.82. The largest absolute Gasteiger partial charge is 0.352 e. The maximum Gasteiger partial charge on any atom is 0.242 e. The van der Waals surface area contributed by atoms with E-state index < -0.39 is 0 Å². The van der Waals surface area contributed by atoms with Crippen LogP contribution < -0.4 is 5.32 Å². The molecule has 0 radical (unpaired) electrons. The van der Waals surface area contributed by atoms with Crippen LogP contribution in [0.1, 0.15) is 36.5 Å². The van der Waals surface area contributed by atoms with Crippen LogP contribution in [-0.2, 0) is 11.3 Å². The lowest BCUT2D eigenvalue weighted by molar-refractivity contribution is -0.138. The number of carbonyl (C=O) groups is 1. The highest BCUT2D eigenvalue weighted by molar-refractivity contribution is 5.87. The van der Waals surface area contributed by atoms with Crippen molar-refractivity contribution in [1.82, 2.24) is 15.1 Å². The number of nitrogens with one attached hydrogen (secondary N) is 2. The van der Waals surface area contributed by atoms with Gasteiger partial charge in [0.1, 0.15) is 6.54 Å². The summed E-state index contributed by atoms with van der Waals surface area (Å²) in [4.78, 5) is 16.9. The number of hydrogen-bond acceptors (Lipinski definition) is 2. The molecule has 2 N–H and O–H groups in total. The van der Waals surface area contributed by atoms with Gasteiger partial charge in [0.25, 0.3) is 0 Å². The van der Waals surface area contributed by atoms with Gasteiger partial charge in [0, 0.05) is 25.0 Å². The van der Waals surface area contributed by atoms with Gasteiger partial charge in [0.15, 0.2) is 5.96 Å². The van der Waals surface area contributed by atoms with Crippen molar-refractivity contribution in [3.63, 3.8) is 0 Å². The summed E-state index contributed by atoms with van der Waals surface area (Å²) in [5, 5.41) is 12.1. The van der Waals surface area contributed by atoms with Crippen LogP contribution in [0.5, 0.6) is 0 Å². The molecule has 3 aromatic carbocycles. The lowest BCUT2D eigenvalue weighted by atomic mass is 9.83. The van der Waals surface area contributed by atoms with Crippen molar-refractivity contribution in [2.45, 2.75) is 38.4 Å². The van der Waals surface area contributed by atoms with Crippen LogP contribution in [0.25, 0.3) is 0 Å². The molecule has 0 aromatic heterocycles. The number of hydrogen-bond donors (Lipinski definition) is 2. The molecule has 1 fully saturated rings. The monoisotopic (exact) mass is 440 g/mol. The standard InChI is InChI=1S/C28H32N4O/c1-21(2)31-19-25(27(23-14-8-4-9-15-23)24-16-10-5-11-17-24)32(20-26(31)33)28(29)30-18-22-12-6-3-7-13-22/h3-17,21,25,27H,18-20H2,1-2H3,(H2,29,30)/t25-/m1/s1. The number of nitrogens with zero attached hydrogens (tertiary/aromatic N) is 2. The molecule has 3 aromatic rings. The Hall–Kier alpha value is -3.60. The lowest BCUT2D eigenvalue weighted by Crippen LogP contribution is -2.63. The molecule has 33 heavy (non-hydrogen) atoms. The summed E-state index contributed by atoms with van der Waals surface area (Å²) in [6, 6.07) is 31.0. The van der Waals surface area contributed by atoms with Gasteiger partial charge < -0.3 is 15.1 Å². The smallest absolute Gasteiger partial charge is 0.242 e. The molecule has 5 heteroatoms. The van der Waals surface area contributed by atoms with E-state index in [0.717, 1.165) is 5.56 Å². The van der Waals surface area contributed by atoms with Gasteiger partial charge in [-0.3, -0.25) is 10.2 Å². The van der Waals surface area contributed by atoms with Gasteiger partial charge in [0.05, 0.1) is 6.04 Å². The average Bonchev–Trinajstić information content (AvgIpc) is 2.85. The van der Waals surface area contributed by atoms with Crippen LogP contribution in [-0.4, -0.2) is 46.8 Å². The predicted molar refractivity (Wildman–Crippen MR) is 133 cm³/mol. The summed E-state index contributed by atoms with van der Waals surface area (Å²) < 4.78 is 0. The van der Waals surface area contributed by atoms with E-state index in [0.29, 0.717) is 13.1 Å². The summed E-state index contributed by atoms with van der Waals surface area (Å²) >= 11 is 0. The normalized spacial score (nSPS) is 16.4. The van der Waals surface area contributed by atoms with Crippen molar-refractivity contribution in [3.05, 3.63) is 108 Å². The molecule has 5 nitrogen and oxygen atoms in total. The van der Waals surface area contributed by atoms with Crippen LogP contribution in [0.4, 0.5) is 0 Å². The Bertz CT molecular complexity index is 1010. The van der Waals surface area contributed by atoms with Gasteiger partial charge in [-0.1, -0.05) is 91.0 Å². The van der Waals surface area contributed by atoms with E-state index in [2.05, 4.69) is 67.7 Å². The van der Waals surface area contributed by atoms with Crippen LogP contribution >= 0.6 is 0 Å². The first-order valence-corrected chi connectivity index (χ1v) is 11.6. The molecule has 1 heterocycles. The third-order valence-electron chi connectivity index (χ3n) is 6.33. The quantitative estimate of drug-likeness (QED) is 0.439. The highest BCUT2D eigenvalue weighted by Gasteiger charge is 2.40. The molecule has 170 valence electrons. The molecule has 0 bridgehead atoms. The minimum absolute atomic E-state index is 0.0284. The Balaban J connectivity index is 1.68. The molecule has 4 rings (SSSR count). The topological polar surface area (TPSA) is 59.4 Å². The molecular weight excluding hydrogens is 408 g/mol. The maximum absolute atomic E-state index is 13.0. The maximum atomic E-state index is 13.0. The van der Waals surface area contributed by atoms with Crippen LogP contribution in [0.3, 0.4) is 0 Å². The summed E-state index contributed by atoms with van der Waals surface area (Å²) in [6.07, 6.45) is 0. The second kappa shape index (κ2) is 10.3. The van der Waals surface area contributed by atoms with Crippen molar-refractivity contribution in [2.24, 2.45) is 0 Å². The molecule has 0 saturated carbocycles. The van der Waals surface area contributed by atoms with Gasteiger partial charge >= 0.3 is 0 Å². The molecule has 0 unspecified atom stereocenters. The van der Waals surface area contributed by atoms with Crippen molar-refractivity contribution in [3.8, 4) is 0 Å². The summed E-state index contributed by atoms with van der Waals surface area (Å²) in [7, 11) is 0.